The predicted molar refractivity (Wildman–Crippen MR) is 65.0 cm³/mol. The van der Waals surface area contributed by atoms with E-state index in [1.165, 1.54) is 0 Å². The lowest BCUT2D eigenvalue weighted by molar-refractivity contribution is 0.0531. The monoisotopic (exact) mass is 241 g/mol. The van der Waals surface area contributed by atoms with E-state index in [4.69, 9.17) is 16.3 Å². The Morgan fingerprint density at radius 1 is 1.56 bits per heavy atom. The Balaban J connectivity index is 2.26. The van der Waals surface area contributed by atoms with Crippen LogP contribution in [0.4, 0.5) is 5.69 Å². The van der Waals surface area contributed by atoms with Crippen molar-refractivity contribution < 1.29 is 9.84 Å². The highest BCUT2D eigenvalue weighted by molar-refractivity contribution is 6.30. The minimum atomic E-state index is 0.0399. The summed E-state index contributed by atoms with van der Waals surface area (Å²) >= 11 is 5.99. The Labute approximate surface area is 101 Å². The topological polar surface area (TPSA) is 32.7 Å². The van der Waals surface area contributed by atoms with Gasteiger partial charge in [0.1, 0.15) is 0 Å². The Morgan fingerprint density at radius 2 is 2.38 bits per heavy atom. The number of aliphatic hydroxyl groups is 1. The number of halogens is 1. The summed E-state index contributed by atoms with van der Waals surface area (Å²) in [5, 5.41) is 10.0. The van der Waals surface area contributed by atoms with Crippen LogP contribution >= 0.6 is 11.6 Å². The maximum absolute atomic E-state index is 9.30. The second kappa shape index (κ2) is 5.04. The van der Waals surface area contributed by atoms with Gasteiger partial charge in [-0.15, -0.1) is 0 Å². The lowest BCUT2D eigenvalue weighted by Crippen LogP contribution is -2.41. The smallest absolute Gasteiger partial charge is 0.0722 e. The molecule has 0 bridgehead atoms. The fraction of sp³-hybridized carbons (Fsp3) is 0.500. The van der Waals surface area contributed by atoms with Crippen molar-refractivity contribution in [3.05, 3.63) is 28.8 Å². The Hall–Kier alpha value is -0.770. The maximum atomic E-state index is 9.30. The molecule has 1 unspecified atom stereocenters. The molecular formula is C12H16ClNO2. The zero-order valence-electron chi connectivity index (χ0n) is 9.32. The SMILES string of the molecule is CC1CN(c2cc(Cl)ccc2CO)CCO1. The highest BCUT2D eigenvalue weighted by atomic mass is 35.5. The molecule has 2 rings (SSSR count). The summed E-state index contributed by atoms with van der Waals surface area (Å²) in [6.07, 6.45) is 0.222. The first-order valence-electron chi connectivity index (χ1n) is 5.46. The van der Waals surface area contributed by atoms with Gasteiger partial charge >= 0.3 is 0 Å². The van der Waals surface area contributed by atoms with Crippen LogP contribution in [-0.4, -0.2) is 30.9 Å². The summed E-state index contributed by atoms with van der Waals surface area (Å²) in [6, 6.07) is 5.59. The number of ether oxygens (including phenoxy) is 1. The molecule has 0 aliphatic carbocycles. The number of benzene rings is 1. The van der Waals surface area contributed by atoms with Gasteiger partial charge < -0.3 is 14.7 Å². The van der Waals surface area contributed by atoms with Crippen molar-refractivity contribution in [1.29, 1.82) is 0 Å². The average Bonchev–Trinajstić information content (AvgIpc) is 2.29. The van der Waals surface area contributed by atoms with Crippen LogP contribution in [0.1, 0.15) is 12.5 Å². The van der Waals surface area contributed by atoms with E-state index in [1.807, 2.05) is 12.1 Å². The molecule has 4 heteroatoms. The van der Waals surface area contributed by atoms with Crippen molar-refractivity contribution >= 4 is 17.3 Å². The van der Waals surface area contributed by atoms with Crippen molar-refractivity contribution in [2.45, 2.75) is 19.6 Å². The van der Waals surface area contributed by atoms with Gasteiger partial charge in [-0.2, -0.15) is 0 Å². The van der Waals surface area contributed by atoms with Crippen LogP contribution in [0.15, 0.2) is 18.2 Å². The predicted octanol–water partition coefficient (Wildman–Crippen LogP) is 2.06. The second-order valence-corrected chi connectivity index (χ2v) is 4.50. The molecule has 0 radical (unpaired) electrons. The van der Waals surface area contributed by atoms with Gasteiger partial charge in [-0.25, -0.2) is 0 Å². The molecule has 0 aromatic heterocycles. The molecule has 1 N–H and O–H groups in total. The van der Waals surface area contributed by atoms with Gasteiger partial charge in [0.2, 0.25) is 0 Å². The van der Waals surface area contributed by atoms with Crippen molar-refractivity contribution in [3.63, 3.8) is 0 Å². The standard InChI is InChI=1S/C12H16ClNO2/c1-9-7-14(4-5-16-9)12-6-11(13)3-2-10(12)8-15/h2-3,6,9,15H,4-5,7-8H2,1H3. The van der Waals surface area contributed by atoms with E-state index in [0.29, 0.717) is 5.02 Å². The maximum Gasteiger partial charge on any atom is 0.0722 e. The molecule has 1 aromatic carbocycles. The number of anilines is 1. The van der Waals surface area contributed by atoms with Crippen molar-refractivity contribution in [1.82, 2.24) is 0 Å². The van der Waals surface area contributed by atoms with Crippen LogP contribution in [-0.2, 0) is 11.3 Å². The lowest BCUT2D eigenvalue weighted by Gasteiger charge is -2.34. The van der Waals surface area contributed by atoms with E-state index in [2.05, 4.69) is 11.8 Å². The van der Waals surface area contributed by atoms with Gasteiger partial charge in [0.15, 0.2) is 0 Å². The molecule has 1 aliphatic heterocycles. The molecular weight excluding hydrogens is 226 g/mol. The minimum Gasteiger partial charge on any atom is -0.392 e. The van der Waals surface area contributed by atoms with Gasteiger partial charge in [0.05, 0.1) is 19.3 Å². The summed E-state index contributed by atoms with van der Waals surface area (Å²) in [5.41, 5.74) is 1.93. The van der Waals surface area contributed by atoms with Crippen LogP contribution in [0.5, 0.6) is 0 Å². The van der Waals surface area contributed by atoms with Crippen molar-refractivity contribution in [2.75, 3.05) is 24.6 Å². The lowest BCUT2D eigenvalue weighted by atomic mass is 10.1. The zero-order valence-corrected chi connectivity index (χ0v) is 10.1. The highest BCUT2D eigenvalue weighted by Crippen LogP contribution is 2.26. The Bertz CT molecular complexity index is 370. The van der Waals surface area contributed by atoms with E-state index >= 15 is 0 Å². The number of nitrogens with zero attached hydrogens (tertiary/aromatic N) is 1. The van der Waals surface area contributed by atoms with Crippen molar-refractivity contribution in [2.24, 2.45) is 0 Å². The summed E-state index contributed by atoms with van der Waals surface area (Å²) in [4.78, 5) is 2.21. The van der Waals surface area contributed by atoms with E-state index in [1.54, 1.807) is 6.07 Å². The quantitative estimate of drug-likeness (QED) is 0.860. The molecule has 1 saturated heterocycles. The third-order valence-electron chi connectivity index (χ3n) is 2.80. The van der Waals surface area contributed by atoms with Gasteiger partial charge in [-0.05, 0) is 19.1 Å². The molecule has 0 amide bonds. The van der Waals surface area contributed by atoms with E-state index in [9.17, 15) is 5.11 Å². The fourth-order valence-corrected chi connectivity index (χ4v) is 2.17. The number of aliphatic hydroxyl groups excluding tert-OH is 1. The van der Waals surface area contributed by atoms with Gasteiger partial charge in [-0.3, -0.25) is 0 Å². The average molecular weight is 242 g/mol. The summed E-state index contributed by atoms with van der Waals surface area (Å²) in [6.45, 7) is 4.50. The molecule has 1 atom stereocenters. The van der Waals surface area contributed by atoms with Crippen LogP contribution in [0.3, 0.4) is 0 Å². The molecule has 1 fully saturated rings. The molecule has 1 aliphatic rings. The molecule has 88 valence electrons. The zero-order chi connectivity index (χ0) is 11.5. The largest absolute Gasteiger partial charge is 0.392 e. The van der Waals surface area contributed by atoms with Crippen LogP contribution in [0.25, 0.3) is 0 Å². The molecule has 0 spiro atoms. The van der Waals surface area contributed by atoms with Crippen molar-refractivity contribution in [3.8, 4) is 0 Å². The van der Waals surface area contributed by atoms with Gasteiger partial charge in [-0.1, -0.05) is 17.7 Å². The highest BCUT2D eigenvalue weighted by Gasteiger charge is 2.19. The first kappa shape index (κ1) is 11.7. The molecule has 1 aromatic rings. The number of morpholine rings is 1. The first-order valence-corrected chi connectivity index (χ1v) is 5.84. The Kier molecular flexibility index (Phi) is 3.69. The summed E-state index contributed by atoms with van der Waals surface area (Å²) in [5.74, 6) is 0. The van der Waals surface area contributed by atoms with E-state index in [0.717, 1.165) is 30.9 Å². The van der Waals surface area contributed by atoms with Gasteiger partial charge in [0.25, 0.3) is 0 Å². The number of hydrogen-bond acceptors (Lipinski definition) is 3. The first-order chi connectivity index (χ1) is 7.70. The third kappa shape index (κ3) is 2.48. The Morgan fingerprint density at radius 3 is 3.06 bits per heavy atom. The van der Waals surface area contributed by atoms with E-state index < -0.39 is 0 Å². The van der Waals surface area contributed by atoms with Gasteiger partial charge in [0, 0.05) is 29.4 Å². The minimum absolute atomic E-state index is 0.0399. The molecule has 1 heterocycles. The van der Waals surface area contributed by atoms with Crippen LogP contribution < -0.4 is 4.90 Å². The second-order valence-electron chi connectivity index (χ2n) is 4.06. The number of rotatable bonds is 2. The summed E-state index contributed by atoms with van der Waals surface area (Å²) in [7, 11) is 0. The van der Waals surface area contributed by atoms with E-state index in [-0.39, 0.29) is 12.7 Å². The number of hydrogen-bond donors (Lipinski definition) is 1. The van der Waals surface area contributed by atoms with Crippen LogP contribution in [0.2, 0.25) is 5.02 Å². The van der Waals surface area contributed by atoms with Crippen LogP contribution in [0, 0.1) is 0 Å². The summed E-state index contributed by atoms with van der Waals surface area (Å²) < 4.78 is 5.50. The molecule has 16 heavy (non-hydrogen) atoms. The third-order valence-corrected chi connectivity index (χ3v) is 3.03. The molecule has 3 nitrogen and oxygen atoms in total. The normalized spacial score (nSPS) is 21.2. The fourth-order valence-electron chi connectivity index (χ4n) is 2.00. The molecule has 0 saturated carbocycles.